The van der Waals surface area contributed by atoms with E-state index in [-0.39, 0.29) is 66.2 Å². The van der Waals surface area contributed by atoms with Crippen LogP contribution in [0.1, 0.15) is 44.1 Å². The number of nitrogens with zero attached hydrogens (tertiary/aromatic N) is 4. The van der Waals surface area contributed by atoms with Gasteiger partial charge in [0.25, 0.3) is 0 Å². The van der Waals surface area contributed by atoms with Crippen LogP contribution in [0.15, 0.2) is 47.0 Å². The molecule has 1 saturated carbocycles. The van der Waals surface area contributed by atoms with Crippen LogP contribution in [0, 0.1) is 11.7 Å². The first-order valence-corrected chi connectivity index (χ1v) is 15.0. The second kappa shape index (κ2) is 11.8. The molecule has 244 valence electrons. The zero-order valence-corrected chi connectivity index (χ0v) is 24.8. The molecule has 1 amide bonds. The lowest BCUT2D eigenvalue weighted by molar-refractivity contribution is -0.224. The number of carboxylic acids is 1. The van der Waals surface area contributed by atoms with Gasteiger partial charge in [0.15, 0.2) is 11.4 Å². The van der Waals surface area contributed by atoms with Gasteiger partial charge in [0, 0.05) is 49.7 Å². The number of carbonyl (C=O) groups is 3. The summed E-state index contributed by atoms with van der Waals surface area (Å²) in [4.78, 5) is 43.5. The minimum Gasteiger partial charge on any atom is -0.481 e. The SMILES string of the molecule is Cn1cc(-c2nc3ccc(CC(=O)C(F)(N4CCCC4)N(C(=O)C(F)(F)F)C4CCC(C(=O)O)CC4)c(F)c3o2)c2ccccc21. The second-order valence-electron chi connectivity index (χ2n) is 12.0. The Morgan fingerprint density at radius 1 is 1.02 bits per heavy atom. The van der Waals surface area contributed by atoms with Crippen molar-refractivity contribution in [1.29, 1.82) is 0 Å². The first-order chi connectivity index (χ1) is 21.8. The smallest absolute Gasteiger partial charge is 0.471 e. The number of fused-ring (bicyclic) bond motifs is 2. The molecular weight excluding hydrogens is 615 g/mol. The van der Waals surface area contributed by atoms with Gasteiger partial charge in [-0.2, -0.15) is 17.6 Å². The van der Waals surface area contributed by atoms with E-state index in [1.807, 2.05) is 35.9 Å². The molecule has 2 aliphatic rings. The van der Waals surface area contributed by atoms with Crippen LogP contribution in [0.2, 0.25) is 0 Å². The Bertz CT molecular complexity index is 1820. The highest BCUT2D eigenvalue weighted by Crippen LogP contribution is 2.40. The zero-order valence-electron chi connectivity index (χ0n) is 24.8. The fourth-order valence-electron chi connectivity index (χ4n) is 6.79. The Labute approximate surface area is 259 Å². The number of carboxylic acid groups (broad SMARTS) is 1. The minimum atomic E-state index is -5.52. The summed E-state index contributed by atoms with van der Waals surface area (Å²) in [5.41, 5.74) is 0.929. The Morgan fingerprint density at radius 2 is 1.70 bits per heavy atom. The van der Waals surface area contributed by atoms with Gasteiger partial charge in [-0.3, -0.25) is 19.3 Å². The molecule has 1 saturated heterocycles. The van der Waals surface area contributed by atoms with Gasteiger partial charge >= 0.3 is 24.0 Å². The summed E-state index contributed by atoms with van der Waals surface area (Å²) in [6.07, 6.45) is -4.69. The number of likely N-dealkylation sites (tertiary alicyclic amines) is 1. The third kappa shape index (κ3) is 5.41. The molecule has 14 heteroatoms. The van der Waals surface area contributed by atoms with Gasteiger partial charge in [0.05, 0.1) is 11.5 Å². The van der Waals surface area contributed by atoms with Crippen molar-refractivity contribution < 1.29 is 45.9 Å². The van der Waals surface area contributed by atoms with E-state index in [2.05, 4.69) is 4.98 Å². The number of aliphatic carboxylic acids is 1. The van der Waals surface area contributed by atoms with E-state index in [9.17, 15) is 32.7 Å². The molecule has 0 spiro atoms. The van der Waals surface area contributed by atoms with Gasteiger partial charge < -0.3 is 14.1 Å². The summed E-state index contributed by atoms with van der Waals surface area (Å²) in [5.74, 6) is -10.5. The number of oxazole rings is 1. The summed E-state index contributed by atoms with van der Waals surface area (Å²) in [5, 5.41) is 10.2. The number of aromatic nitrogens is 2. The number of benzene rings is 2. The molecule has 1 aliphatic heterocycles. The lowest BCUT2D eigenvalue weighted by atomic mass is 9.84. The maximum atomic E-state index is 17.4. The van der Waals surface area contributed by atoms with Crippen molar-refractivity contribution in [2.75, 3.05) is 13.1 Å². The van der Waals surface area contributed by atoms with E-state index in [1.165, 1.54) is 12.1 Å². The van der Waals surface area contributed by atoms with Gasteiger partial charge in [-0.1, -0.05) is 24.3 Å². The van der Waals surface area contributed by atoms with E-state index in [0.29, 0.717) is 18.4 Å². The molecule has 2 aromatic carbocycles. The van der Waals surface area contributed by atoms with E-state index in [0.717, 1.165) is 15.8 Å². The number of Topliss-reactive ketones (excluding diaryl/α,β-unsaturated/α-hetero) is 1. The van der Waals surface area contributed by atoms with Crippen LogP contribution in [0.4, 0.5) is 22.0 Å². The zero-order chi connectivity index (χ0) is 33.0. The molecule has 1 aliphatic carbocycles. The minimum absolute atomic E-state index is 0.0533. The Kier molecular flexibility index (Phi) is 8.11. The highest BCUT2D eigenvalue weighted by molar-refractivity contribution is 5.96. The van der Waals surface area contributed by atoms with Crippen LogP contribution >= 0.6 is 0 Å². The second-order valence-corrected chi connectivity index (χ2v) is 12.0. The van der Waals surface area contributed by atoms with E-state index in [1.54, 1.807) is 6.20 Å². The van der Waals surface area contributed by atoms with Crippen LogP contribution in [-0.4, -0.2) is 73.3 Å². The molecule has 0 radical (unpaired) electrons. The molecule has 2 fully saturated rings. The van der Waals surface area contributed by atoms with E-state index in [4.69, 9.17) is 4.42 Å². The number of amides is 1. The van der Waals surface area contributed by atoms with Gasteiger partial charge in [0.2, 0.25) is 11.7 Å². The Morgan fingerprint density at radius 3 is 2.35 bits per heavy atom. The van der Waals surface area contributed by atoms with Crippen LogP contribution in [0.3, 0.4) is 0 Å². The van der Waals surface area contributed by atoms with Gasteiger partial charge in [-0.05, 0) is 56.2 Å². The Balaban J connectivity index is 1.37. The largest absolute Gasteiger partial charge is 0.481 e. The summed E-state index contributed by atoms with van der Waals surface area (Å²) < 4.78 is 82.9. The molecule has 0 bridgehead atoms. The molecule has 2 aromatic heterocycles. The first kappa shape index (κ1) is 31.6. The standard InChI is InChI=1S/C32H31F5N4O5/c1-39-17-22(21-6-2-3-7-24(21)39)28-38-23-13-10-19(26(33)27(23)46-28)16-25(42)32(37,40-14-4-5-15-40)41(30(45)31(34,35)36)20-11-8-18(9-12-20)29(43)44/h2-3,6-7,10,13,17-18,20H,4-5,8-9,11-12,14-16H2,1H3,(H,43,44). The number of rotatable bonds is 8. The van der Waals surface area contributed by atoms with Crippen LogP contribution in [0.25, 0.3) is 33.5 Å². The molecular formula is C32H31F5N4O5. The maximum absolute atomic E-state index is 17.4. The molecule has 1 atom stereocenters. The average Bonchev–Trinajstić information content (AvgIpc) is 3.78. The predicted octanol–water partition coefficient (Wildman–Crippen LogP) is 5.99. The summed E-state index contributed by atoms with van der Waals surface area (Å²) in [7, 11) is 1.83. The number of carbonyl (C=O) groups excluding carboxylic acids is 2. The van der Waals surface area contributed by atoms with Crippen molar-refractivity contribution >= 4 is 39.7 Å². The summed E-state index contributed by atoms with van der Waals surface area (Å²) in [6, 6.07) is 8.60. The van der Waals surface area contributed by atoms with Crippen molar-refractivity contribution in [3.63, 3.8) is 0 Å². The quantitative estimate of drug-likeness (QED) is 0.185. The summed E-state index contributed by atoms with van der Waals surface area (Å²) >= 11 is 0. The third-order valence-electron chi connectivity index (χ3n) is 9.13. The number of para-hydroxylation sites is 1. The van der Waals surface area contributed by atoms with E-state index < -0.39 is 54.0 Å². The van der Waals surface area contributed by atoms with E-state index >= 15 is 8.78 Å². The predicted molar refractivity (Wildman–Crippen MR) is 156 cm³/mol. The molecule has 1 unspecified atom stereocenters. The molecule has 1 N–H and O–H groups in total. The topological polar surface area (TPSA) is 109 Å². The van der Waals surface area contributed by atoms with Crippen LogP contribution in [-0.2, 0) is 27.9 Å². The fourth-order valence-corrected chi connectivity index (χ4v) is 6.79. The van der Waals surface area contributed by atoms with Crippen molar-refractivity contribution in [2.45, 2.75) is 63.1 Å². The monoisotopic (exact) mass is 646 g/mol. The number of alkyl halides is 4. The lowest BCUT2D eigenvalue weighted by Gasteiger charge is -2.47. The number of aryl methyl sites for hydroxylation is 1. The normalized spacial score (nSPS) is 20.7. The number of halogens is 5. The van der Waals surface area contributed by atoms with Crippen LogP contribution in [0.5, 0.6) is 0 Å². The van der Waals surface area contributed by atoms with Gasteiger partial charge in [-0.25, -0.2) is 14.3 Å². The first-order valence-electron chi connectivity index (χ1n) is 15.0. The van der Waals surface area contributed by atoms with Gasteiger partial charge in [0.1, 0.15) is 5.52 Å². The van der Waals surface area contributed by atoms with Gasteiger partial charge in [-0.15, -0.1) is 0 Å². The lowest BCUT2D eigenvalue weighted by Crippen LogP contribution is -2.68. The van der Waals surface area contributed by atoms with Crippen molar-refractivity contribution in [2.24, 2.45) is 13.0 Å². The summed E-state index contributed by atoms with van der Waals surface area (Å²) in [6.45, 7) is -0.210. The number of ketones is 1. The Hall–Kier alpha value is -4.33. The molecule has 9 nitrogen and oxygen atoms in total. The van der Waals surface area contributed by atoms with Crippen molar-refractivity contribution in [3.05, 3.63) is 54.0 Å². The third-order valence-corrected chi connectivity index (χ3v) is 9.13. The highest BCUT2D eigenvalue weighted by Gasteiger charge is 2.60. The average molecular weight is 647 g/mol. The number of hydrogen-bond donors (Lipinski definition) is 1. The van der Waals surface area contributed by atoms with Crippen molar-refractivity contribution in [3.8, 4) is 11.5 Å². The number of hydrogen-bond acceptors (Lipinski definition) is 6. The molecule has 6 rings (SSSR count). The van der Waals surface area contributed by atoms with Crippen LogP contribution < -0.4 is 0 Å². The maximum Gasteiger partial charge on any atom is 0.471 e. The molecule has 46 heavy (non-hydrogen) atoms. The highest BCUT2D eigenvalue weighted by atomic mass is 19.4. The van der Waals surface area contributed by atoms with Crippen molar-refractivity contribution in [1.82, 2.24) is 19.4 Å². The molecule has 3 heterocycles. The fraction of sp³-hybridized carbons (Fsp3) is 0.438. The molecule has 4 aromatic rings.